The number of hydrogen-bond donors (Lipinski definition) is 1. The van der Waals surface area contributed by atoms with Crippen LogP contribution < -0.4 is 14.5 Å². The molecule has 2 unspecified atom stereocenters. The first kappa shape index (κ1) is 33.9. The van der Waals surface area contributed by atoms with Gasteiger partial charge in [0, 0.05) is 88.6 Å². The monoisotopic (exact) mass is 676 g/mol. The maximum atomic E-state index is 16.1. The number of phenols is 1. The third-order valence-corrected chi connectivity index (χ3v) is 11.1. The molecule has 0 bridgehead atoms. The number of hydrogen-bond acceptors (Lipinski definition) is 6. The molecule has 7 nitrogen and oxygen atoms in total. The van der Waals surface area contributed by atoms with Crippen molar-refractivity contribution in [2.24, 2.45) is 5.92 Å². The van der Waals surface area contributed by atoms with Crippen LogP contribution in [0, 0.1) is 25.6 Å². The number of ether oxygens (including phenoxy) is 1. The number of halogens is 1. The molecule has 3 aliphatic rings. The maximum absolute atomic E-state index is 16.1. The number of piperidine rings is 1. The van der Waals surface area contributed by atoms with Gasteiger partial charge in [-0.3, -0.25) is 9.69 Å². The summed E-state index contributed by atoms with van der Waals surface area (Å²) in [5.74, 6) is 1.20. The molecule has 0 aliphatic carbocycles. The Hall–Kier alpha value is -4.56. The van der Waals surface area contributed by atoms with Gasteiger partial charge in [0.2, 0.25) is 6.41 Å². The zero-order valence-corrected chi connectivity index (χ0v) is 29.5. The van der Waals surface area contributed by atoms with E-state index in [4.69, 9.17) is 4.74 Å². The first-order valence-electron chi connectivity index (χ1n) is 18.0. The molecule has 0 radical (unpaired) electrons. The Kier molecular flexibility index (Phi) is 9.99. The summed E-state index contributed by atoms with van der Waals surface area (Å²) in [5.41, 5.74) is 8.57. The summed E-state index contributed by atoms with van der Waals surface area (Å²) < 4.78 is 22.2. The summed E-state index contributed by atoms with van der Waals surface area (Å²) in [6.07, 6.45) is 2.99. The van der Waals surface area contributed by atoms with Crippen LogP contribution in [0.3, 0.4) is 0 Å². The lowest BCUT2D eigenvalue weighted by molar-refractivity contribution is -0.117. The third-order valence-electron chi connectivity index (χ3n) is 11.1. The topological polar surface area (TPSA) is 59.5 Å². The van der Waals surface area contributed by atoms with Crippen molar-refractivity contribution in [2.75, 3.05) is 69.3 Å². The van der Waals surface area contributed by atoms with Crippen molar-refractivity contribution in [1.29, 1.82) is 0 Å². The second kappa shape index (κ2) is 14.7. The van der Waals surface area contributed by atoms with Crippen LogP contribution in [-0.2, 0) is 11.3 Å². The number of aromatic hydroxyl groups is 1. The molecule has 3 aliphatic heterocycles. The number of carbonyl (C=O) groups is 1. The van der Waals surface area contributed by atoms with Gasteiger partial charge in [-0.25, -0.2) is 4.39 Å². The van der Waals surface area contributed by atoms with Gasteiger partial charge >= 0.3 is 0 Å². The first-order valence-corrected chi connectivity index (χ1v) is 18.0. The lowest BCUT2D eigenvalue weighted by atomic mass is 9.75. The van der Waals surface area contributed by atoms with E-state index in [0.29, 0.717) is 30.5 Å². The molecular weight excluding hydrogens is 627 g/mol. The van der Waals surface area contributed by atoms with Crippen LogP contribution in [0.15, 0.2) is 78.9 Å². The van der Waals surface area contributed by atoms with Gasteiger partial charge < -0.3 is 24.5 Å². The van der Waals surface area contributed by atoms with Gasteiger partial charge in [-0.05, 0) is 85.2 Å². The number of anilines is 2. The summed E-state index contributed by atoms with van der Waals surface area (Å²) >= 11 is 0. The fourth-order valence-electron chi connectivity index (χ4n) is 8.21. The number of benzene rings is 4. The van der Waals surface area contributed by atoms with E-state index in [0.717, 1.165) is 76.2 Å². The van der Waals surface area contributed by atoms with E-state index in [9.17, 15) is 9.90 Å². The minimum atomic E-state index is -0.177. The van der Waals surface area contributed by atoms with Gasteiger partial charge in [0.15, 0.2) is 0 Å². The van der Waals surface area contributed by atoms with Gasteiger partial charge in [0.25, 0.3) is 0 Å². The van der Waals surface area contributed by atoms with Gasteiger partial charge in [-0.15, -0.1) is 0 Å². The molecule has 2 atom stereocenters. The molecule has 8 heteroatoms. The number of rotatable bonds is 9. The van der Waals surface area contributed by atoms with E-state index in [1.807, 2.05) is 19.2 Å². The smallest absolute Gasteiger partial charge is 0.209 e. The van der Waals surface area contributed by atoms with E-state index >= 15 is 4.39 Å². The predicted molar refractivity (Wildman–Crippen MR) is 198 cm³/mol. The summed E-state index contributed by atoms with van der Waals surface area (Å²) in [6, 6.07) is 26.2. The van der Waals surface area contributed by atoms with Gasteiger partial charge in [0.05, 0.1) is 12.3 Å². The second-order valence-corrected chi connectivity index (χ2v) is 14.6. The lowest BCUT2D eigenvalue weighted by Crippen LogP contribution is -2.49. The Bertz CT molecular complexity index is 1810. The molecule has 1 amide bonds. The standard InChI is InChI=1S/C42H49FN4O3/c1-29-5-4-6-32(21-29)38-27-50-41-24-36(49)10-11-37(41)42(38)33-8-12-40(39(43)23-33)47-15-13-31(14-16-47)25-45-17-19-46(20-18-45)35-9-7-30(2)34(22-35)26-44(3)28-48/h4-12,21-24,28,31,38,42,49H,13-20,25-27H2,1-3H3. The molecule has 2 saturated heterocycles. The van der Waals surface area contributed by atoms with Gasteiger partial charge in [-0.2, -0.15) is 0 Å². The molecule has 0 aromatic heterocycles. The third kappa shape index (κ3) is 7.31. The Labute approximate surface area is 295 Å². The summed E-state index contributed by atoms with van der Waals surface area (Å²) in [6.45, 7) is 12.1. The number of carbonyl (C=O) groups excluding carboxylic acids is 1. The van der Waals surface area contributed by atoms with Crippen molar-refractivity contribution in [2.45, 2.75) is 45.1 Å². The van der Waals surface area contributed by atoms with E-state index < -0.39 is 0 Å². The molecule has 50 heavy (non-hydrogen) atoms. The molecule has 4 aromatic rings. The number of amides is 1. The van der Waals surface area contributed by atoms with Crippen LogP contribution in [0.2, 0.25) is 0 Å². The van der Waals surface area contributed by atoms with Crippen molar-refractivity contribution in [1.82, 2.24) is 9.80 Å². The molecular formula is C42H49FN4O3. The highest BCUT2D eigenvalue weighted by atomic mass is 19.1. The van der Waals surface area contributed by atoms with E-state index in [1.165, 1.54) is 27.9 Å². The minimum Gasteiger partial charge on any atom is -0.508 e. The van der Waals surface area contributed by atoms with Crippen LogP contribution in [0.1, 0.15) is 58.1 Å². The van der Waals surface area contributed by atoms with E-state index in [2.05, 4.69) is 77.1 Å². The highest BCUT2D eigenvalue weighted by molar-refractivity contribution is 5.56. The minimum absolute atomic E-state index is 0.0274. The molecule has 4 aromatic carbocycles. The zero-order valence-electron chi connectivity index (χ0n) is 29.5. The Morgan fingerprint density at radius 2 is 1.68 bits per heavy atom. The van der Waals surface area contributed by atoms with Crippen molar-refractivity contribution in [3.05, 3.63) is 118 Å². The number of aryl methyl sites for hydroxylation is 2. The molecule has 2 fully saturated rings. The normalized spacial score (nSPS) is 19.9. The van der Waals surface area contributed by atoms with E-state index in [1.54, 1.807) is 23.1 Å². The van der Waals surface area contributed by atoms with Crippen LogP contribution in [0.5, 0.6) is 11.5 Å². The summed E-state index contributed by atoms with van der Waals surface area (Å²) in [5, 5.41) is 10.1. The second-order valence-electron chi connectivity index (χ2n) is 14.6. The van der Waals surface area contributed by atoms with Gasteiger partial charge in [-0.1, -0.05) is 48.0 Å². The highest BCUT2D eigenvalue weighted by Crippen LogP contribution is 2.47. The molecule has 1 N–H and O–H groups in total. The van der Waals surface area contributed by atoms with Crippen molar-refractivity contribution in [3.8, 4) is 11.5 Å². The van der Waals surface area contributed by atoms with E-state index in [-0.39, 0.29) is 23.4 Å². The van der Waals surface area contributed by atoms with Crippen LogP contribution in [-0.4, -0.2) is 80.8 Å². The molecule has 262 valence electrons. The molecule has 0 spiro atoms. The molecule has 0 saturated carbocycles. The van der Waals surface area contributed by atoms with Crippen LogP contribution >= 0.6 is 0 Å². The maximum Gasteiger partial charge on any atom is 0.209 e. The van der Waals surface area contributed by atoms with Crippen LogP contribution in [0.4, 0.5) is 15.8 Å². The first-order chi connectivity index (χ1) is 24.2. The fourth-order valence-corrected chi connectivity index (χ4v) is 8.21. The largest absolute Gasteiger partial charge is 0.508 e. The number of nitrogens with zero attached hydrogens (tertiary/aromatic N) is 4. The Balaban J connectivity index is 0.971. The quantitative estimate of drug-likeness (QED) is 0.191. The van der Waals surface area contributed by atoms with Gasteiger partial charge in [0.1, 0.15) is 17.3 Å². The number of phenolic OH excluding ortho intramolecular Hbond substituents is 1. The van der Waals surface area contributed by atoms with Crippen molar-refractivity contribution >= 4 is 17.8 Å². The number of piperazine rings is 1. The predicted octanol–water partition coefficient (Wildman–Crippen LogP) is 7.08. The Morgan fingerprint density at radius 3 is 2.42 bits per heavy atom. The van der Waals surface area contributed by atoms with Crippen molar-refractivity contribution in [3.63, 3.8) is 0 Å². The summed E-state index contributed by atoms with van der Waals surface area (Å²) in [4.78, 5) is 20.1. The summed E-state index contributed by atoms with van der Waals surface area (Å²) in [7, 11) is 1.82. The highest BCUT2D eigenvalue weighted by Gasteiger charge is 2.35. The average Bonchev–Trinajstić information content (AvgIpc) is 3.12. The van der Waals surface area contributed by atoms with Crippen molar-refractivity contribution < 1.29 is 19.0 Å². The van der Waals surface area contributed by atoms with Crippen LogP contribution in [0.25, 0.3) is 0 Å². The molecule has 7 rings (SSSR count). The SMILES string of the molecule is Cc1cccc(C2COc3cc(O)ccc3C2c2ccc(N3CCC(CN4CCN(c5ccc(C)c(CN(C)C=O)c5)CC4)CC3)c(F)c2)c1. The average molecular weight is 677 g/mol. The lowest BCUT2D eigenvalue weighted by Gasteiger charge is -2.40. The fraction of sp³-hybridized carbons (Fsp3) is 0.405. The Morgan fingerprint density at radius 1 is 0.880 bits per heavy atom. The zero-order chi connectivity index (χ0) is 34.8. The number of fused-ring (bicyclic) bond motifs is 1. The molecule has 3 heterocycles.